The third-order valence-corrected chi connectivity index (χ3v) is 2.49. The third kappa shape index (κ3) is 3.82. The van der Waals surface area contributed by atoms with Crippen molar-refractivity contribution < 1.29 is 4.39 Å². The van der Waals surface area contributed by atoms with Gasteiger partial charge in [0.15, 0.2) is 0 Å². The first-order valence-corrected chi connectivity index (χ1v) is 5.54. The van der Waals surface area contributed by atoms with Crippen LogP contribution in [-0.2, 0) is 26.7 Å². The third-order valence-electron chi connectivity index (χ3n) is 2.49. The number of hydrogen-bond donors (Lipinski definition) is 1. The zero-order valence-corrected chi connectivity index (χ0v) is 11.0. The molecule has 0 spiro atoms. The summed E-state index contributed by atoms with van der Waals surface area (Å²) >= 11 is 0. The molecule has 100 valence electrons. The molecule has 0 unspecified atom stereocenters. The second kappa shape index (κ2) is 7.13. The molecule has 2 rings (SSSR count). The highest BCUT2D eigenvalue weighted by atomic mass is 35.5. The molecule has 0 aliphatic carbocycles. The molecular formula is C11H17ClFN5. The van der Waals surface area contributed by atoms with Crippen LogP contribution in [0.2, 0.25) is 0 Å². The van der Waals surface area contributed by atoms with Crippen molar-refractivity contribution in [2.75, 3.05) is 6.67 Å². The van der Waals surface area contributed by atoms with Crippen molar-refractivity contribution in [1.29, 1.82) is 0 Å². The maximum Gasteiger partial charge on any atom is 0.109 e. The summed E-state index contributed by atoms with van der Waals surface area (Å²) in [5, 5.41) is 11.4. The van der Waals surface area contributed by atoms with Crippen LogP contribution in [0.3, 0.4) is 0 Å². The lowest BCUT2D eigenvalue weighted by Crippen LogP contribution is -2.16. The lowest BCUT2D eigenvalue weighted by atomic mass is 10.3. The number of halogens is 2. The SMILES string of the molecule is Cl.Cn1cc(CNCc2ccnn2CCF)cn1. The summed E-state index contributed by atoms with van der Waals surface area (Å²) in [6.45, 7) is 1.34. The highest BCUT2D eigenvalue weighted by Gasteiger charge is 2.02. The summed E-state index contributed by atoms with van der Waals surface area (Å²) in [5.41, 5.74) is 2.12. The van der Waals surface area contributed by atoms with Gasteiger partial charge in [-0.1, -0.05) is 0 Å². The molecule has 0 aliphatic rings. The molecule has 0 fully saturated rings. The highest BCUT2D eigenvalue weighted by Crippen LogP contribution is 2.00. The molecule has 0 amide bonds. The Labute approximate surface area is 111 Å². The Bertz CT molecular complexity index is 467. The van der Waals surface area contributed by atoms with Gasteiger partial charge in [-0.3, -0.25) is 9.36 Å². The normalized spacial score (nSPS) is 10.3. The number of hydrogen-bond acceptors (Lipinski definition) is 3. The Kier molecular flexibility index (Phi) is 5.80. The van der Waals surface area contributed by atoms with Crippen molar-refractivity contribution in [3.63, 3.8) is 0 Å². The minimum absolute atomic E-state index is 0. The molecule has 2 aromatic rings. The van der Waals surface area contributed by atoms with E-state index in [2.05, 4.69) is 15.5 Å². The van der Waals surface area contributed by atoms with Crippen LogP contribution in [0, 0.1) is 0 Å². The van der Waals surface area contributed by atoms with Crippen molar-refractivity contribution in [3.05, 3.63) is 35.9 Å². The summed E-state index contributed by atoms with van der Waals surface area (Å²) < 4.78 is 15.7. The van der Waals surface area contributed by atoms with E-state index >= 15 is 0 Å². The molecule has 0 bridgehead atoms. The Balaban J connectivity index is 0.00000162. The maximum atomic E-state index is 12.2. The van der Waals surface area contributed by atoms with E-state index in [1.54, 1.807) is 15.6 Å². The molecule has 0 saturated carbocycles. The minimum Gasteiger partial charge on any atom is -0.307 e. The van der Waals surface area contributed by atoms with E-state index in [4.69, 9.17) is 0 Å². The number of alkyl halides is 1. The van der Waals surface area contributed by atoms with Crippen molar-refractivity contribution in [2.45, 2.75) is 19.6 Å². The predicted octanol–water partition coefficient (Wildman–Crippen LogP) is 1.30. The largest absolute Gasteiger partial charge is 0.307 e. The summed E-state index contributed by atoms with van der Waals surface area (Å²) in [6, 6.07) is 1.89. The zero-order valence-electron chi connectivity index (χ0n) is 10.2. The van der Waals surface area contributed by atoms with E-state index in [9.17, 15) is 4.39 Å². The Morgan fingerprint density at radius 3 is 2.83 bits per heavy atom. The van der Waals surface area contributed by atoms with Gasteiger partial charge in [-0.15, -0.1) is 12.4 Å². The Morgan fingerprint density at radius 2 is 2.17 bits per heavy atom. The van der Waals surface area contributed by atoms with Gasteiger partial charge in [0.2, 0.25) is 0 Å². The van der Waals surface area contributed by atoms with Crippen molar-refractivity contribution in [1.82, 2.24) is 24.9 Å². The number of rotatable bonds is 6. The highest BCUT2D eigenvalue weighted by molar-refractivity contribution is 5.85. The summed E-state index contributed by atoms with van der Waals surface area (Å²) in [7, 11) is 1.89. The Morgan fingerprint density at radius 1 is 1.33 bits per heavy atom. The fraction of sp³-hybridized carbons (Fsp3) is 0.455. The average Bonchev–Trinajstić information content (AvgIpc) is 2.90. The zero-order chi connectivity index (χ0) is 12.1. The fourth-order valence-electron chi connectivity index (χ4n) is 1.69. The van der Waals surface area contributed by atoms with Gasteiger partial charge in [-0.05, 0) is 6.07 Å². The van der Waals surface area contributed by atoms with E-state index < -0.39 is 6.67 Å². The van der Waals surface area contributed by atoms with Crippen LogP contribution >= 0.6 is 12.4 Å². The van der Waals surface area contributed by atoms with Gasteiger partial charge in [-0.2, -0.15) is 10.2 Å². The molecule has 18 heavy (non-hydrogen) atoms. The van der Waals surface area contributed by atoms with Gasteiger partial charge in [0.1, 0.15) is 6.67 Å². The molecule has 2 aromatic heterocycles. The first-order valence-electron chi connectivity index (χ1n) is 5.54. The van der Waals surface area contributed by atoms with Crippen LogP contribution < -0.4 is 5.32 Å². The molecule has 5 nitrogen and oxygen atoms in total. The molecule has 2 heterocycles. The summed E-state index contributed by atoms with van der Waals surface area (Å²) in [5.74, 6) is 0. The van der Waals surface area contributed by atoms with E-state index in [1.165, 1.54) is 0 Å². The van der Waals surface area contributed by atoms with Crippen LogP contribution in [-0.4, -0.2) is 26.2 Å². The lowest BCUT2D eigenvalue weighted by molar-refractivity contribution is 0.417. The molecule has 1 N–H and O–H groups in total. The molecule has 0 aromatic carbocycles. The predicted molar refractivity (Wildman–Crippen MR) is 69.2 cm³/mol. The monoisotopic (exact) mass is 273 g/mol. The van der Waals surface area contributed by atoms with Crippen LogP contribution in [0.25, 0.3) is 0 Å². The molecule has 0 aliphatic heterocycles. The first-order chi connectivity index (χ1) is 8.29. The van der Waals surface area contributed by atoms with Gasteiger partial charge in [0.05, 0.1) is 18.4 Å². The molecule has 0 saturated heterocycles. The van der Waals surface area contributed by atoms with Crippen molar-refractivity contribution >= 4 is 12.4 Å². The fourth-order valence-corrected chi connectivity index (χ4v) is 1.69. The standard InChI is InChI=1S/C11H16FN5.ClH/c1-16-9-10(7-15-16)6-13-8-11-2-4-14-17(11)5-3-12;/h2,4,7,9,13H,3,5-6,8H2,1H3;1H. The van der Waals surface area contributed by atoms with Gasteiger partial charge in [0, 0.05) is 38.1 Å². The average molecular weight is 274 g/mol. The number of aromatic nitrogens is 4. The van der Waals surface area contributed by atoms with Crippen LogP contribution in [0.15, 0.2) is 24.7 Å². The quantitative estimate of drug-likeness (QED) is 0.863. The van der Waals surface area contributed by atoms with E-state index in [0.717, 1.165) is 17.8 Å². The van der Waals surface area contributed by atoms with Gasteiger partial charge < -0.3 is 5.32 Å². The van der Waals surface area contributed by atoms with E-state index in [0.29, 0.717) is 13.1 Å². The van der Waals surface area contributed by atoms with Crippen LogP contribution in [0.5, 0.6) is 0 Å². The smallest absolute Gasteiger partial charge is 0.109 e. The Hall–Kier alpha value is -1.40. The topological polar surface area (TPSA) is 47.7 Å². The van der Waals surface area contributed by atoms with Crippen molar-refractivity contribution in [2.24, 2.45) is 7.05 Å². The van der Waals surface area contributed by atoms with Crippen LogP contribution in [0.1, 0.15) is 11.3 Å². The van der Waals surface area contributed by atoms with E-state index in [1.807, 2.05) is 25.5 Å². The summed E-state index contributed by atoms with van der Waals surface area (Å²) in [4.78, 5) is 0. The molecule has 0 radical (unpaired) electrons. The minimum atomic E-state index is -0.392. The first kappa shape index (κ1) is 14.7. The van der Waals surface area contributed by atoms with Gasteiger partial charge in [-0.25, -0.2) is 4.39 Å². The molecular weight excluding hydrogens is 257 g/mol. The van der Waals surface area contributed by atoms with Gasteiger partial charge in [0.25, 0.3) is 0 Å². The van der Waals surface area contributed by atoms with Crippen LogP contribution in [0.4, 0.5) is 4.39 Å². The number of nitrogens with zero attached hydrogens (tertiary/aromatic N) is 4. The lowest BCUT2D eigenvalue weighted by Gasteiger charge is -2.06. The number of aryl methyl sites for hydroxylation is 2. The maximum absolute atomic E-state index is 12.2. The number of nitrogens with one attached hydrogen (secondary N) is 1. The molecule has 7 heteroatoms. The van der Waals surface area contributed by atoms with E-state index in [-0.39, 0.29) is 12.4 Å². The van der Waals surface area contributed by atoms with Gasteiger partial charge >= 0.3 is 0 Å². The second-order valence-electron chi connectivity index (χ2n) is 3.86. The van der Waals surface area contributed by atoms with Crippen molar-refractivity contribution in [3.8, 4) is 0 Å². The molecule has 0 atom stereocenters. The second-order valence-corrected chi connectivity index (χ2v) is 3.86. The summed E-state index contributed by atoms with van der Waals surface area (Å²) in [6.07, 6.45) is 5.48.